The smallest absolute Gasteiger partial charge is 0.164 e. The first-order valence-electron chi connectivity index (χ1n) is 4.12. The van der Waals surface area contributed by atoms with E-state index in [1.54, 1.807) is 6.08 Å². The fraction of sp³-hybridized carbons (Fsp3) is 0.364. The van der Waals surface area contributed by atoms with Crippen LogP contribution in [0.4, 0.5) is 0 Å². The Morgan fingerprint density at radius 2 is 1.92 bits per heavy atom. The first-order valence-corrected chi connectivity index (χ1v) is 4.12. The Hall–Kier alpha value is -1.11. The van der Waals surface area contributed by atoms with Crippen molar-refractivity contribution >= 4 is 5.78 Å². The van der Waals surface area contributed by atoms with Gasteiger partial charge in [0, 0.05) is 11.5 Å². The Morgan fingerprint density at radius 3 is 2.33 bits per heavy atom. The molecule has 1 heteroatoms. The van der Waals surface area contributed by atoms with E-state index >= 15 is 0 Å². The van der Waals surface area contributed by atoms with Gasteiger partial charge in [-0.05, 0) is 6.92 Å². The predicted octanol–water partition coefficient (Wildman–Crippen LogP) is 2.90. The van der Waals surface area contributed by atoms with Gasteiger partial charge < -0.3 is 0 Å². The predicted molar refractivity (Wildman–Crippen MR) is 52.9 cm³/mol. The second kappa shape index (κ2) is 5.53. The quantitative estimate of drug-likeness (QED) is 0.461. The molecule has 0 atom stereocenters. The summed E-state index contributed by atoms with van der Waals surface area (Å²) in [5.41, 5.74) is 0.572. The van der Waals surface area contributed by atoms with E-state index in [0.717, 1.165) is 0 Å². The molecule has 0 spiro atoms. The van der Waals surface area contributed by atoms with E-state index < -0.39 is 0 Å². The third-order valence-electron chi connectivity index (χ3n) is 1.44. The van der Waals surface area contributed by atoms with E-state index in [9.17, 15) is 4.79 Å². The highest BCUT2D eigenvalue weighted by molar-refractivity contribution is 5.98. The minimum absolute atomic E-state index is 0.0350. The van der Waals surface area contributed by atoms with E-state index in [0.29, 0.717) is 5.57 Å². The number of Topliss-reactive ketones (excluding diaryl/α,β-unsaturated/α-hetero) is 1. The lowest BCUT2D eigenvalue weighted by Crippen LogP contribution is -2.07. The van der Waals surface area contributed by atoms with Gasteiger partial charge in [0.1, 0.15) is 0 Å². The van der Waals surface area contributed by atoms with Crippen LogP contribution >= 0.6 is 0 Å². The van der Waals surface area contributed by atoms with Crippen LogP contribution in [0.15, 0.2) is 36.5 Å². The molecule has 0 aromatic carbocycles. The molecule has 0 N–H and O–H groups in total. The molecule has 12 heavy (non-hydrogen) atoms. The van der Waals surface area contributed by atoms with Gasteiger partial charge in [0.25, 0.3) is 0 Å². The summed E-state index contributed by atoms with van der Waals surface area (Å²) in [5.74, 6) is 0.142. The largest absolute Gasteiger partial charge is 0.294 e. The van der Waals surface area contributed by atoms with Crippen molar-refractivity contribution < 1.29 is 4.79 Å². The van der Waals surface area contributed by atoms with Crippen molar-refractivity contribution in [2.45, 2.75) is 20.8 Å². The second-order valence-electron chi connectivity index (χ2n) is 2.93. The third kappa shape index (κ3) is 3.91. The summed E-state index contributed by atoms with van der Waals surface area (Å²) < 4.78 is 0. The monoisotopic (exact) mass is 164 g/mol. The van der Waals surface area contributed by atoms with Gasteiger partial charge in [0.15, 0.2) is 5.78 Å². The van der Waals surface area contributed by atoms with Crippen LogP contribution in [-0.4, -0.2) is 5.78 Å². The van der Waals surface area contributed by atoms with Crippen molar-refractivity contribution in [1.82, 2.24) is 0 Å². The maximum absolute atomic E-state index is 11.3. The summed E-state index contributed by atoms with van der Waals surface area (Å²) in [4.78, 5) is 11.3. The van der Waals surface area contributed by atoms with E-state index in [1.165, 1.54) is 0 Å². The maximum atomic E-state index is 11.3. The van der Waals surface area contributed by atoms with E-state index in [2.05, 4.69) is 6.58 Å². The molecule has 0 aliphatic rings. The van der Waals surface area contributed by atoms with Gasteiger partial charge in [0.2, 0.25) is 0 Å². The molecule has 0 heterocycles. The van der Waals surface area contributed by atoms with Crippen molar-refractivity contribution in [3.8, 4) is 0 Å². The summed E-state index contributed by atoms with van der Waals surface area (Å²) in [6.45, 7) is 9.35. The fourth-order valence-electron chi connectivity index (χ4n) is 0.736. The second-order valence-corrected chi connectivity index (χ2v) is 2.93. The van der Waals surface area contributed by atoms with Crippen LogP contribution in [0.2, 0.25) is 0 Å². The molecule has 0 aromatic rings. The van der Waals surface area contributed by atoms with E-state index in [1.807, 2.05) is 39.0 Å². The summed E-state index contributed by atoms with van der Waals surface area (Å²) in [7, 11) is 0. The highest BCUT2D eigenvalue weighted by Crippen LogP contribution is 2.04. The van der Waals surface area contributed by atoms with Crippen LogP contribution in [0.1, 0.15) is 20.8 Å². The number of ketones is 1. The average Bonchev–Trinajstić information content (AvgIpc) is 2.03. The maximum Gasteiger partial charge on any atom is 0.164 e. The SMILES string of the molecule is C=C(/C=C\C=C/C)C(=O)C(C)C. The van der Waals surface area contributed by atoms with Gasteiger partial charge >= 0.3 is 0 Å². The lowest BCUT2D eigenvalue weighted by atomic mass is 10.0. The molecule has 0 bridgehead atoms. The normalized spacial score (nSPS) is 11.7. The Balaban J connectivity index is 4.14. The zero-order chi connectivity index (χ0) is 9.56. The van der Waals surface area contributed by atoms with Crippen LogP contribution in [0.3, 0.4) is 0 Å². The van der Waals surface area contributed by atoms with E-state index in [4.69, 9.17) is 0 Å². The van der Waals surface area contributed by atoms with Crippen LogP contribution < -0.4 is 0 Å². The Bertz CT molecular complexity index is 219. The Kier molecular flexibility index (Phi) is 5.02. The van der Waals surface area contributed by atoms with Crippen LogP contribution in [0, 0.1) is 5.92 Å². The van der Waals surface area contributed by atoms with Crippen molar-refractivity contribution in [3.05, 3.63) is 36.5 Å². The third-order valence-corrected chi connectivity index (χ3v) is 1.44. The number of hydrogen-bond acceptors (Lipinski definition) is 1. The molecule has 0 rings (SSSR count). The van der Waals surface area contributed by atoms with Gasteiger partial charge in [-0.3, -0.25) is 4.79 Å². The molecule has 0 fully saturated rings. The first-order chi connectivity index (χ1) is 5.59. The summed E-state index contributed by atoms with van der Waals surface area (Å²) in [5, 5.41) is 0. The molecule has 0 aliphatic heterocycles. The van der Waals surface area contributed by atoms with Crippen molar-refractivity contribution in [1.29, 1.82) is 0 Å². The summed E-state index contributed by atoms with van der Waals surface area (Å²) in [6, 6.07) is 0. The van der Waals surface area contributed by atoms with Crippen molar-refractivity contribution in [2.75, 3.05) is 0 Å². The molecule has 0 unspecified atom stereocenters. The minimum atomic E-state index is 0.0350. The van der Waals surface area contributed by atoms with Crippen LogP contribution in [0.5, 0.6) is 0 Å². The topological polar surface area (TPSA) is 17.1 Å². The van der Waals surface area contributed by atoms with E-state index in [-0.39, 0.29) is 11.7 Å². The van der Waals surface area contributed by atoms with Crippen molar-refractivity contribution in [3.63, 3.8) is 0 Å². The van der Waals surface area contributed by atoms with Crippen LogP contribution in [0.25, 0.3) is 0 Å². The lowest BCUT2D eigenvalue weighted by molar-refractivity contribution is -0.117. The Morgan fingerprint density at radius 1 is 1.33 bits per heavy atom. The highest BCUT2D eigenvalue weighted by atomic mass is 16.1. The summed E-state index contributed by atoms with van der Waals surface area (Å²) in [6.07, 6.45) is 7.34. The van der Waals surface area contributed by atoms with Gasteiger partial charge in [-0.2, -0.15) is 0 Å². The van der Waals surface area contributed by atoms with Crippen molar-refractivity contribution in [2.24, 2.45) is 5.92 Å². The zero-order valence-corrected chi connectivity index (χ0v) is 8.00. The fourth-order valence-corrected chi connectivity index (χ4v) is 0.736. The molecule has 66 valence electrons. The number of carbonyl (C=O) groups is 1. The summed E-state index contributed by atoms with van der Waals surface area (Å²) >= 11 is 0. The minimum Gasteiger partial charge on any atom is -0.294 e. The molecule has 0 radical (unpaired) electrons. The lowest BCUT2D eigenvalue weighted by Gasteiger charge is -2.01. The number of allylic oxidation sites excluding steroid dienone is 5. The average molecular weight is 164 g/mol. The first kappa shape index (κ1) is 10.9. The van der Waals surface area contributed by atoms with Gasteiger partial charge in [-0.1, -0.05) is 44.7 Å². The van der Waals surface area contributed by atoms with Gasteiger partial charge in [-0.15, -0.1) is 0 Å². The molecule has 0 saturated heterocycles. The molecule has 0 aromatic heterocycles. The van der Waals surface area contributed by atoms with Gasteiger partial charge in [0.05, 0.1) is 0 Å². The molecular formula is C11H16O. The molecule has 0 amide bonds. The standard InChI is InChI=1S/C11H16O/c1-5-6-7-8-10(4)11(12)9(2)3/h5-9H,4H2,1-3H3/b6-5-,8-7-. The molecular weight excluding hydrogens is 148 g/mol. The zero-order valence-electron chi connectivity index (χ0n) is 8.00. The molecule has 0 aliphatic carbocycles. The number of hydrogen-bond donors (Lipinski definition) is 0. The highest BCUT2D eigenvalue weighted by Gasteiger charge is 2.07. The molecule has 0 saturated carbocycles. The molecule has 1 nitrogen and oxygen atoms in total. The number of carbonyl (C=O) groups excluding carboxylic acids is 1. The number of rotatable bonds is 4. The van der Waals surface area contributed by atoms with Crippen LogP contribution in [-0.2, 0) is 4.79 Å². The van der Waals surface area contributed by atoms with Gasteiger partial charge in [-0.25, -0.2) is 0 Å². The Labute approximate surface area is 74.5 Å².